The maximum absolute atomic E-state index is 2.43. The van der Waals surface area contributed by atoms with E-state index in [1.54, 1.807) is 0 Å². The third kappa shape index (κ3) is 7.97. The molecule has 172 valence electrons. The SMILES string of the molecule is CCCCCCCCCCCCCCC[n+]1ccn(-c2ccccc2)c1-c1ccccc1. The molecular formula is C30H43N2+. The summed E-state index contributed by atoms with van der Waals surface area (Å²) in [7, 11) is 0. The van der Waals surface area contributed by atoms with Gasteiger partial charge in [0.25, 0.3) is 5.82 Å². The summed E-state index contributed by atoms with van der Waals surface area (Å²) in [6.45, 7) is 3.38. The van der Waals surface area contributed by atoms with E-state index in [9.17, 15) is 0 Å². The first-order chi connectivity index (χ1) is 15.9. The van der Waals surface area contributed by atoms with Gasteiger partial charge in [-0.3, -0.25) is 0 Å². The molecule has 0 saturated carbocycles. The fraction of sp³-hybridized carbons (Fsp3) is 0.500. The van der Waals surface area contributed by atoms with Gasteiger partial charge in [-0.15, -0.1) is 0 Å². The minimum Gasteiger partial charge on any atom is -0.230 e. The molecule has 0 fully saturated rings. The van der Waals surface area contributed by atoms with Crippen molar-refractivity contribution in [2.75, 3.05) is 0 Å². The number of rotatable bonds is 16. The zero-order valence-corrected chi connectivity index (χ0v) is 20.2. The lowest BCUT2D eigenvalue weighted by Crippen LogP contribution is -2.34. The first-order valence-electron chi connectivity index (χ1n) is 13.1. The van der Waals surface area contributed by atoms with Crippen LogP contribution in [0.25, 0.3) is 17.1 Å². The normalized spacial score (nSPS) is 11.2. The van der Waals surface area contributed by atoms with Crippen LogP contribution >= 0.6 is 0 Å². The summed E-state index contributed by atoms with van der Waals surface area (Å²) < 4.78 is 4.75. The summed E-state index contributed by atoms with van der Waals surface area (Å²) in [5.74, 6) is 1.27. The number of aromatic nitrogens is 2. The molecule has 0 saturated heterocycles. The van der Waals surface area contributed by atoms with E-state index >= 15 is 0 Å². The van der Waals surface area contributed by atoms with Crippen molar-refractivity contribution in [1.82, 2.24) is 4.57 Å². The molecule has 3 rings (SSSR count). The van der Waals surface area contributed by atoms with Crippen LogP contribution in [0.1, 0.15) is 90.4 Å². The van der Waals surface area contributed by atoms with Gasteiger partial charge in [0, 0.05) is 0 Å². The minimum absolute atomic E-state index is 1.09. The molecule has 2 heteroatoms. The Hall–Kier alpha value is -2.35. The highest BCUT2D eigenvalue weighted by Crippen LogP contribution is 2.20. The molecule has 0 amide bonds. The van der Waals surface area contributed by atoms with Gasteiger partial charge in [0.05, 0.1) is 12.1 Å². The predicted molar refractivity (Wildman–Crippen MR) is 137 cm³/mol. The van der Waals surface area contributed by atoms with Gasteiger partial charge in [-0.25, -0.2) is 4.57 Å². The Morgan fingerprint density at radius 2 is 1.09 bits per heavy atom. The molecule has 0 aliphatic carbocycles. The fourth-order valence-corrected chi connectivity index (χ4v) is 4.60. The summed E-state index contributed by atoms with van der Waals surface area (Å²) in [5.41, 5.74) is 2.49. The molecule has 0 atom stereocenters. The van der Waals surface area contributed by atoms with Gasteiger partial charge in [0.1, 0.15) is 18.1 Å². The first-order valence-corrected chi connectivity index (χ1v) is 13.1. The lowest BCUT2D eigenvalue weighted by atomic mass is 10.0. The van der Waals surface area contributed by atoms with Crippen LogP contribution in [0, 0.1) is 0 Å². The molecule has 0 spiro atoms. The monoisotopic (exact) mass is 431 g/mol. The predicted octanol–water partition coefficient (Wildman–Crippen LogP) is 8.52. The molecule has 0 N–H and O–H groups in total. The second kappa shape index (κ2) is 14.7. The average Bonchev–Trinajstić information content (AvgIpc) is 3.27. The third-order valence-corrected chi connectivity index (χ3v) is 6.46. The van der Waals surface area contributed by atoms with E-state index in [0.717, 1.165) is 6.54 Å². The van der Waals surface area contributed by atoms with Gasteiger partial charge in [0.2, 0.25) is 0 Å². The van der Waals surface area contributed by atoms with Crippen molar-refractivity contribution in [3.8, 4) is 17.1 Å². The van der Waals surface area contributed by atoms with Gasteiger partial charge in [0.15, 0.2) is 0 Å². The van der Waals surface area contributed by atoms with Crippen LogP contribution in [0.4, 0.5) is 0 Å². The Labute approximate surface area is 196 Å². The van der Waals surface area contributed by atoms with E-state index in [0.29, 0.717) is 0 Å². The second-order valence-electron chi connectivity index (χ2n) is 9.13. The fourth-order valence-electron chi connectivity index (χ4n) is 4.60. The number of nitrogens with zero attached hydrogens (tertiary/aromatic N) is 2. The standard InChI is InChI=1S/C30H43N2/c1-2-3-4-5-6-7-8-9-10-11-12-13-20-25-31-26-27-32(29-23-18-15-19-24-29)30(31)28-21-16-14-17-22-28/h14-19,21-24,26-27H,2-13,20,25H2,1H3/q+1. The highest BCUT2D eigenvalue weighted by molar-refractivity contribution is 5.55. The zero-order chi connectivity index (χ0) is 22.3. The highest BCUT2D eigenvalue weighted by Gasteiger charge is 2.20. The maximum Gasteiger partial charge on any atom is 0.294 e. The van der Waals surface area contributed by atoms with Crippen molar-refractivity contribution in [2.45, 2.75) is 96.9 Å². The van der Waals surface area contributed by atoms with Gasteiger partial charge in [-0.05, 0) is 37.1 Å². The van der Waals surface area contributed by atoms with Gasteiger partial charge in [-0.1, -0.05) is 114 Å². The molecule has 2 nitrogen and oxygen atoms in total. The maximum atomic E-state index is 2.43. The number of hydrogen-bond donors (Lipinski definition) is 0. The summed E-state index contributed by atoms with van der Waals surface area (Å²) in [6, 6.07) is 21.5. The molecule has 0 unspecified atom stereocenters. The van der Waals surface area contributed by atoms with Crippen molar-refractivity contribution < 1.29 is 4.57 Å². The van der Waals surface area contributed by atoms with Crippen LogP contribution in [0.5, 0.6) is 0 Å². The molecule has 1 aromatic heterocycles. The van der Waals surface area contributed by atoms with E-state index < -0.39 is 0 Å². The molecular weight excluding hydrogens is 388 g/mol. The van der Waals surface area contributed by atoms with Crippen molar-refractivity contribution in [1.29, 1.82) is 0 Å². The van der Waals surface area contributed by atoms with Crippen molar-refractivity contribution in [2.24, 2.45) is 0 Å². The van der Waals surface area contributed by atoms with Gasteiger partial charge >= 0.3 is 0 Å². The molecule has 0 aliphatic heterocycles. The number of hydrogen-bond acceptors (Lipinski definition) is 0. The van der Waals surface area contributed by atoms with Gasteiger partial charge in [-0.2, -0.15) is 4.57 Å². The lowest BCUT2D eigenvalue weighted by molar-refractivity contribution is -0.685. The Bertz CT molecular complexity index is 851. The Morgan fingerprint density at radius 3 is 1.66 bits per heavy atom. The molecule has 2 aromatic carbocycles. The average molecular weight is 432 g/mol. The molecule has 1 heterocycles. The topological polar surface area (TPSA) is 8.81 Å². The molecule has 0 bridgehead atoms. The van der Waals surface area contributed by atoms with E-state index in [1.165, 1.54) is 101 Å². The third-order valence-electron chi connectivity index (χ3n) is 6.46. The van der Waals surface area contributed by atoms with Gasteiger partial charge < -0.3 is 0 Å². The minimum atomic E-state index is 1.09. The summed E-state index contributed by atoms with van der Waals surface area (Å²) in [4.78, 5) is 0. The van der Waals surface area contributed by atoms with Crippen LogP contribution < -0.4 is 4.57 Å². The van der Waals surface area contributed by atoms with E-state index in [2.05, 4.69) is 89.1 Å². The van der Waals surface area contributed by atoms with Crippen molar-refractivity contribution in [3.63, 3.8) is 0 Å². The smallest absolute Gasteiger partial charge is 0.230 e. The Kier molecular flexibility index (Phi) is 11.1. The lowest BCUT2D eigenvalue weighted by Gasteiger charge is -2.06. The van der Waals surface area contributed by atoms with Crippen LogP contribution in [0.2, 0.25) is 0 Å². The number of para-hydroxylation sites is 1. The van der Waals surface area contributed by atoms with Crippen LogP contribution in [-0.2, 0) is 6.54 Å². The van der Waals surface area contributed by atoms with Crippen LogP contribution in [-0.4, -0.2) is 4.57 Å². The second-order valence-corrected chi connectivity index (χ2v) is 9.13. The largest absolute Gasteiger partial charge is 0.294 e. The van der Waals surface area contributed by atoms with Crippen LogP contribution in [0.15, 0.2) is 73.1 Å². The highest BCUT2D eigenvalue weighted by atomic mass is 15.2. The van der Waals surface area contributed by atoms with E-state index in [-0.39, 0.29) is 0 Å². The molecule has 3 aromatic rings. The number of benzene rings is 2. The zero-order valence-electron chi connectivity index (χ0n) is 20.2. The molecule has 0 radical (unpaired) electrons. The number of imidazole rings is 1. The Morgan fingerprint density at radius 1 is 0.594 bits per heavy atom. The van der Waals surface area contributed by atoms with Crippen molar-refractivity contribution >= 4 is 0 Å². The first kappa shape index (κ1) is 24.3. The Balaban J connectivity index is 1.40. The summed E-state index contributed by atoms with van der Waals surface area (Å²) in [5, 5.41) is 0. The molecule has 0 aliphatic rings. The number of aryl methyl sites for hydroxylation is 1. The van der Waals surface area contributed by atoms with E-state index in [1.807, 2.05) is 0 Å². The van der Waals surface area contributed by atoms with Crippen molar-refractivity contribution in [3.05, 3.63) is 73.1 Å². The summed E-state index contributed by atoms with van der Waals surface area (Å²) >= 11 is 0. The number of unbranched alkanes of at least 4 members (excludes halogenated alkanes) is 12. The quantitative estimate of drug-likeness (QED) is 0.159. The molecule has 32 heavy (non-hydrogen) atoms. The van der Waals surface area contributed by atoms with E-state index in [4.69, 9.17) is 0 Å². The summed E-state index contributed by atoms with van der Waals surface area (Å²) in [6.07, 6.45) is 22.6. The van der Waals surface area contributed by atoms with Crippen LogP contribution in [0.3, 0.4) is 0 Å².